The molecule has 0 aliphatic heterocycles. The first-order valence-electron chi connectivity index (χ1n) is 8.52. The zero-order valence-corrected chi connectivity index (χ0v) is 16.6. The van der Waals surface area contributed by atoms with Crippen LogP contribution in [-0.2, 0) is 14.4 Å². The number of carbonyl (C=O) groups excluding carboxylic acids is 3. The predicted molar refractivity (Wildman–Crippen MR) is 110 cm³/mol. The highest BCUT2D eigenvalue weighted by Crippen LogP contribution is 2.19. The van der Waals surface area contributed by atoms with Gasteiger partial charge in [0.15, 0.2) is 0 Å². The molecule has 0 atom stereocenters. The molecule has 0 fully saturated rings. The van der Waals surface area contributed by atoms with Gasteiger partial charge in [-0.3, -0.25) is 14.4 Å². The average Bonchev–Trinajstić information content (AvgIpc) is 2.64. The minimum Gasteiger partial charge on any atom is -0.326 e. The van der Waals surface area contributed by atoms with E-state index in [4.69, 9.17) is 11.6 Å². The number of amides is 3. The molecule has 3 amide bonds. The number of nitrogens with one attached hydrogen (secondary N) is 3. The van der Waals surface area contributed by atoms with Gasteiger partial charge in [-0.2, -0.15) is 5.10 Å². The Morgan fingerprint density at radius 3 is 2.36 bits per heavy atom. The van der Waals surface area contributed by atoms with Crippen molar-refractivity contribution in [2.45, 2.75) is 27.2 Å². The van der Waals surface area contributed by atoms with Crippen molar-refractivity contribution < 1.29 is 14.4 Å². The Balaban J connectivity index is 1.86. The van der Waals surface area contributed by atoms with Gasteiger partial charge in [0, 0.05) is 22.1 Å². The summed E-state index contributed by atoms with van der Waals surface area (Å²) in [7, 11) is 0. The lowest BCUT2D eigenvalue weighted by Gasteiger charge is -2.08. The lowest BCUT2D eigenvalue weighted by molar-refractivity contribution is -0.136. The number of anilines is 2. The Labute approximate surface area is 168 Å². The van der Waals surface area contributed by atoms with Crippen molar-refractivity contribution in [3.63, 3.8) is 0 Å². The molecule has 0 saturated carbocycles. The van der Waals surface area contributed by atoms with E-state index in [1.54, 1.807) is 31.2 Å². The van der Waals surface area contributed by atoms with Crippen LogP contribution in [-0.4, -0.2) is 23.4 Å². The first-order chi connectivity index (χ1) is 13.3. The van der Waals surface area contributed by atoms with Gasteiger partial charge in [0.2, 0.25) is 5.91 Å². The van der Waals surface area contributed by atoms with Crippen molar-refractivity contribution in [2.24, 2.45) is 5.10 Å². The summed E-state index contributed by atoms with van der Waals surface area (Å²) in [6.45, 7) is 5.29. The topological polar surface area (TPSA) is 99.7 Å². The van der Waals surface area contributed by atoms with Crippen molar-refractivity contribution in [2.75, 3.05) is 10.6 Å². The van der Waals surface area contributed by atoms with Gasteiger partial charge < -0.3 is 10.6 Å². The lowest BCUT2D eigenvalue weighted by Crippen LogP contribution is -2.33. The van der Waals surface area contributed by atoms with Gasteiger partial charge in [0.25, 0.3) is 0 Å². The number of hydrazone groups is 1. The van der Waals surface area contributed by atoms with E-state index in [0.717, 1.165) is 11.1 Å². The van der Waals surface area contributed by atoms with Crippen molar-refractivity contribution in [1.29, 1.82) is 0 Å². The van der Waals surface area contributed by atoms with Gasteiger partial charge in [-0.15, -0.1) is 0 Å². The molecule has 2 rings (SSSR count). The molecular weight excluding hydrogens is 380 g/mol. The minimum absolute atomic E-state index is 0.0240. The largest absolute Gasteiger partial charge is 0.329 e. The second-order valence-electron chi connectivity index (χ2n) is 6.25. The fourth-order valence-corrected chi connectivity index (χ4v) is 2.42. The number of nitrogens with zero attached hydrogens (tertiary/aromatic N) is 1. The van der Waals surface area contributed by atoms with Crippen LogP contribution < -0.4 is 16.1 Å². The van der Waals surface area contributed by atoms with Crippen LogP contribution in [0, 0.1) is 13.8 Å². The van der Waals surface area contributed by atoms with Crippen LogP contribution in [0.5, 0.6) is 0 Å². The van der Waals surface area contributed by atoms with Crippen LogP contribution in [0.1, 0.15) is 24.5 Å². The molecule has 0 aliphatic carbocycles. The van der Waals surface area contributed by atoms with E-state index in [9.17, 15) is 14.4 Å². The highest BCUT2D eigenvalue weighted by Gasteiger charge is 2.14. The molecule has 146 valence electrons. The number of rotatable bonds is 5. The number of carbonyl (C=O) groups is 3. The van der Waals surface area contributed by atoms with Gasteiger partial charge in [-0.25, -0.2) is 5.43 Å². The number of para-hydroxylation sites is 1. The average molecular weight is 401 g/mol. The third-order valence-electron chi connectivity index (χ3n) is 3.82. The van der Waals surface area contributed by atoms with Crippen molar-refractivity contribution in [3.8, 4) is 0 Å². The third kappa shape index (κ3) is 6.21. The fraction of sp³-hybridized carbons (Fsp3) is 0.200. The quantitative estimate of drug-likeness (QED) is 0.407. The molecule has 0 unspecified atom stereocenters. The van der Waals surface area contributed by atoms with E-state index >= 15 is 0 Å². The molecule has 28 heavy (non-hydrogen) atoms. The van der Waals surface area contributed by atoms with E-state index in [0.29, 0.717) is 22.1 Å². The molecule has 8 heteroatoms. The summed E-state index contributed by atoms with van der Waals surface area (Å²) in [6, 6.07) is 12.3. The maximum absolute atomic E-state index is 12.1. The fourth-order valence-electron chi connectivity index (χ4n) is 2.23. The van der Waals surface area contributed by atoms with Crippen molar-refractivity contribution in [1.82, 2.24) is 5.43 Å². The number of hydrogen-bond donors (Lipinski definition) is 3. The van der Waals surface area contributed by atoms with Gasteiger partial charge >= 0.3 is 11.8 Å². The van der Waals surface area contributed by atoms with Crippen LogP contribution in [0.4, 0.5) is 11.4 Å². The molecular formula is C20H21ClN4O3. The predicted octanol–water partition coefficient (Wildman–Crippen LogP) is 3.42. The van der Waals surface area contributed by atoms with Gasteiger partial charge in [-0.05, 0) is 50.1 Å². The van der Waals surface area contributed by atoms with Crippen LogP contribution in [0.2, 0.25) is 5.02 Å². The Kier molecular flexibility index (Phi) is 7.28. The molecule has 0 radical (unpaired) electrons. The summed E-state index contributed by atoms with van der Waals surface area (Å²) >= 11 is 5.98. The molecule has 0 saturated heterocycles. The van der Waals surface area contributed by atoms with Gasteiger partial charge in [-0.1, -0.05) is 35.9 Å². The van der Waals surface area contributed by atoms with Crippen LogP contribution in [0.3, 0.4) is 0 Å². The van der Waals surface area contributed by atoms with Crippen molar-refractivity contribution in [3.05, 3.63) is 58.6 Å². The van der Waals surface area contributed by atoms with Gasteiger partial charge in [0.05, 0.1) is 6.42 Å². The maximum atomic E-state index is 12.1. The third-order valence-corrected chi connectivity index (χ3v) is 4.23. The van der Waals surface area contributed by atoms with E-state index in [1.807, 2.05) is 32.0 Å². The number of halogens is 1. The van der Waals surface area contributed by atoms with E-state index < -0.39 is 11.8 Å². The van der Waals surface area contributed by atoms with Crippen molar-refractivity contribution >= 4 is 46.4 Å². The molecule has 3 N–H and O–H groups in total. The van der Waals surface area contributed by atoms with E-state index in [2.05, 4.69) is 21.2 Å². The lowest BCUT2D eigenvalue weighted by atomic mass is 10.2. The molecule has 0 bridgehead atoms. The number of hydrogen-bond acceptors (Lipinski definition) is 4. The van der Waals surface area contributed by atoms with E-state index in [1.165, 1.54) is 0 Å². The molecule has 7 nitrogen and oxygen atoms in total. The molecule has 0 spiro atoms. The minimum atomic E-state index is -0.949. The van der Waals surface area contributed by atoms with Crippen LogP contribution >= 0.6 is 11.6 Å². The normalized spacial score (nSPS) is 10.9. The molecule has 0 heterocycles. The number of benzene rings is 2. The Morgan fingerprint density at radius 1 is 0.964 bits per heavy atom. The highest BCUT2D eigenvalue weighted by molar-refractivity contribution is 6.40. The summed E-state index contributed by atoms with van der Waals surface area (Å²) in [5.41, 5.74) is 5.38. The summed E-state index contributed by atoms with van der Waals surface area (Å²) in [5, 5.41) is 9.47. The summed E-state index contributed by atoms with van der Waals surface area (Å²) in [4.78, 5) is 35.8. The monoisotopic (exact) mass is 400 g/mol. The second kappa shape index (κ2) is 9.66. The standard InChI is InChI=1S/C20H21ClN4O3/c1-12-8-9-15(11-16(12)21)22-19(27)20(28)25-24-14(3)10-18(26)23-17-7-5-4-6-13(17)2/h4-9,11H,10H2,1-3H3,(H,22,27)(H,23,26)(H,25,28)/b24-14+. The molecule has 2 aromatic carbocycles. The summed E-state index contributed by atoms with van der Waals surface area (Å²) in [6.07, 6.45) is -0.0240. The molecule has 0 aliphatic rings. The SMILES string of the molecule is C/C(CC(=O)Nc1ccccc1C)=N\NC(=O)C(=O)Nc1ccc(C)c(Cl)c1. The van der Waals surface area contributed by atoms with E-state index in [-0.39, 0.29) is 12.3 Å². The summed E-state index contributed by atoms with van der Waals surface area (Å²) in [5.74, 6) is -2.11. The molecule has 2 aromatic rings. The smallest absolute Gasteiger partial charge is 0.326 e. The second-order valence-corrected chi connectivity index (χ2v) is 6.65. The van der Waals surface area contributed by atoms with Gasteiger partial charge in [0.1, 0.15) is 0 Å². The highest BCUT2D eigenvalue weighted by atomic mass is 35.5. The van der Waals surface area contributed by atoms with Crippen LogP contribution in [0.25, 0.3) is 0 Å². The zero-order chi connectivity index (χ0) is 20.7. The Morgan fingerprint density at radius 2 is 1.68 bits per heavy atom. The van der Waals surface area contributed by atoms with Crippen LogP contribution in [0.15, 0.2) is 47.6 Å². The summed E-state index contributed by atoms with van der Waals surface area (Å²) < 4.78 is 0. The zero-order valence-electron chi connectivity index (χ0n) is 15.8. The first-order valence-corrected chi connectivity index (χ1v) is 8.90. The Bertz CT molecular complexity index is 941. The maximum Gasteiger partial charge on any atom is 0.329 e. The first kappa shape index (κ1) is 21.1. The Hall–Kier alpha value is -3.19. The molecule has 0 aromatic heterocycles. The number of aryl methyl sites for hydroxylation is 2.